The molecule has 130 valence electrons. The minimum atomic E-state index is 0.0348. The van der Waals surface area contributed by atoms with Crippen LogP contribution in [-0.4, -0.2) is 18.1 Å². The number of para-hydroxylation sites is 1. The minimum Gasteiger partial charge on any atom is -0.492 e. The van der Waals surface area contributed by atoms with Gasteiger partial charge in [0.25, 0.3) is 0 Å². The van der Waals surface area contributed by atoms with Gasteiger partial charge in [-0.15, -0.1) is 0 Å². The lowest BCUT2D eigenvalue weighted by Gasteiger charge is -2.25. The van der Waals surface area contributed by atoms with Gasteiger partial charge in [0.2, 0.25) is 0 Å². The number of aryl methyl sites for hydroxylation is 1. The molecule has 3 heteroatoms. The fourth-order valence-corrected chi connectivity index (χ4v) is 2.85. The summed E-state index contributed by atoms with van der Waals surface area (Å²) < 4.78 is 6.19. The highest BCUT2D eigenvalue weighted by Crippen LogP contribution is 2.27. The van der Waals surface area contributed by atoms with E-state index in [-0.39, 0.29) is 5.41 Å². The number of nitrogens with zero attached hydrogens (tertiary/aromatic N) is 1. The Kier molecular flexibility index (Phi) is 5.34. The highest BCUT2D eigenvalue weighted by Gasteiger charge is 2.19. The van der Waals surface area contributed by atoms with Crippen molar-refractivity contribution in [1.29, 1.82) is 0 Å². The highest BCUT2D eigenvalue weighted by atomic mass is 16.5. The van der Waals surface area contributed by atoms with Gasteiger partial charge in [-0.3, -0.25) is 4.98 Å². The van der Waals surface area contributed by atoms with Crippen LogP contribution in [0.25, 0.3) is 10.9 Å². The van der Waals surface area contributed by atoms with Crippen molar-refractivity contribution in [1.82, 2.24) is 10.3 Å². The van der Waals surface area contributed by atoms with Crippen LogP contribution < -0.4 is 10.1 Å². The van der Waals surface area contributed by atoms with E-state index in [9.17, 15) is 0 Å². The second kappa shape index (κ2) is 7.66. The standard InChI is InChI=1S/C22H26N2O/c1-17-13-21(19-11-7-8-12-20(19)24-17)25-16-22(2,3)15-23-14-18-9-5-4-6-10-18/h4-13,23H,14-16H2,1-3H3. The van der Waals surface area contributed by atoms with Crippen LogP contribution in [0.2, 0.25) is 0 Å². The molecule has 25 heavy (non-hydrogen) atoms. The summed E-state index contributed by atoms with van der Waals surface area (Å²) in [5.41, 5.74) is 3.30. The molecule has 3 rings (SSSR count). The molecule has 0 aliphatic heterocycles. The van der Waals surface area contributed by atoms with E-state index in [0.29, 0.717) is 6.61 Å². The molecule has 2 aromatic carbocycles. The van der Waals surface area contributed by atoms with Crippen molar-refractivity contribution in [3.63, 3.8) is 0 Å². The molecule has 1 N–H and O–H groups in total. The van der Waals surface area contributed by atoms with Gasteiger partial charge in [-0.2, -0.15) is 0 Å². The van der Waals surface area contributed by atoms with Crippen LogP contribution in [0.3, 0.4) is 0 Å². The quantitative estimate of drug-likeness (QED) is 0.678. The van der Waals surface area contributed by atoms with Crippen LogP contribution in [0.15, 0.2) is 60.7 Å². The van der Waals surface area contributed by atoms with Crippen LogP contribution >= 0.6 is 0 Å². The lowest BCUT2D eigenvalue weighted by atomic mass is 9.94. The van der Waals surface area contributed by atoms with Crippen molar-refractivity contribution in [3.8, 4) is 5.75 Å². The van der Waals surface area contributed by atoms with E-state index in [1.54, 1.807) is 0 Å². The van der Waals surface area contributed by atoms with Crippen LogP contribution in [-0.2, 0) is 6.54 Å². The van der Waals surface area contributed by atoms with Crippen LogP contribution in [0.5, 0.6) is 5.75 Å². The number of nitrogens with one attached hydrogen (secondary N) is 1. The van der Waals surface area contributed by atoms with E-state index in [4.69, 9.17) is 4.74 Å². The van der Waals surface area contributed by atoms with Gasteiger partial charge in [-0.05, 0) is 24.6 Å². The van der Waals surface area contributed by atoms with E-state index < -0.39 is 0 Å². The zero-order valence-electron chi connectivity index (χ0n) is 15.3. The Labute approximate surface area is 150 Å². The second-order valence-electron chi connectivity index (χ2n) is 7.32. The third-order valence-electron chi connectivity index (χ3n) is 4.20. The normalized spacial score (nSPS) is 11.6. The van der Waals surface area contributed by atoms with Gasteiger partial charge in [-0.25, -0.2) is 0 Å². The average molecular weight is 334 g/mol. The number of benzene rings is 2. The molecule has 0 amide bonds. The number of hydrogen-bond donors (Lipinski definition) is 1. The van der Waals surface area contributed by atoms with Gasteiger partial charge >= 0.3 is 0 Å². The second-order valence-corrected chi connectivity index (χ2v) is 7.32. The Balaban J connectivity index is 1.60. The van der Waals surface area contributed by atoms with Crippen molar-refractivity contribution in [3.05, 3.63) is 71.9 Å². The molecule has 0 atom stereocenters. The monoisotopic (exact) mass is 334 g/mol. The minimum absolute atomic E-state index is 0.0348. The summed E-state index contributed by atoms with van der Waals surface area (Å²) in [6, 6.07) is 20.6. The van der Waals surface area contributed by atoms with E-state index in [0.717, 1.165) is 35.4 Å². The van der Waals surface area contributed by atoms with E-state index >= 15 is 0 Å². The maximum Gasteiger partial charge on any atom is 0.130 e. The van der Waals surface area contributed by atoms with Gasteiger partial charge in [0.15, 0.2) is 0 Å². The molecule has 3 aromatic rings. The maximum atomic E-state index is 6.19. The molecule has 0 saturated carbocycles. The first kappa shape index (κ1) is 17.4. The molecule has 0 radical (unpaired) electrons. The van der Waals surface area contributed by atoms with E-state index in [1.807, 2.05) is 37.3 Å². The first-order valence-electron chi connectivity index (χ1n) is 8.77. The molecule has 3 nitrogen and oxygen atoms in total. The van der Waals surface area contributed by atoms with Gasteiger partial charge in [0, 0.05) is 35.7 Å². The number of pyridine rings is 1. The number of rotatable bonds is 7. The van der Waals surface area contributed by atoms with Crippen molar-refractivity contribution < 1.29 is 4.74 Å². The fraction of sp³-hybridized carbons (Fsp3) is 0.318. The molecular formula is C22H26N2O. The summed E-state index contributed by atoms with van der Waals surface area (Å²) in [4.78, 5) is 4.57. The smallest absolute Gasteiger partial charge is 0.130 e. The van der Waals surface area contributed by atoms with Gasteiger partial charge in [-0.1, -0.05) is 56.3 Å². The summed E-state index contributed by atoms with van der Waals surface area (Å²) in [6.07, 6.45) is 0. The largest absolute Gasteiger partial charge is 0.492 e. The van der Waals surface area contributed by atoms with Crippen molar-refractivity contribution in [2.45, 2.75) is 27.3 Å². The Hall–Kier alpha value is -2.39. The molecule has 0 saturated heterocycles. The molecule has 0 bridgehead atoms. The fourth-order valence-electron chi connectivity index (χ4n) is 2.85. The molecule has 1 heterocycles. The molecule has 0 unspecified atom stereocenters. The van der Waals surface area contributed by atoms with Gasteiger partial charge < -0.3 is 10.1 Å². The molecule has 1 aromatic heterocycles. The molecule has 0 spiro atoms. The summed E-state index contributed by atoms with van der Waals surface area (Å²) in [5.74, 6) is 0.916. The number of ether oxygens (including phenoxy) is 1. The average Bonchev–Trinajstić information content (AvgIpc) is 2.60. The van der Waals surface area contributed by atoms with Crippen LogP contribution in [0.4, 0.5) is 0 Å². The first-order valence-corrected chi connectivity index (χ1v) is 8.77. The SMILES string of the molecule is Cc1cc(OCC(C)(C)CNCc2ccccc2)c2ccccc2n1. The predicted molar refractivity (Wildman–Crippen MR) is 104 cm³/mol. The van der Waals surface area contributed by atoms with Crippen molar-refractivity contribution in [2.24, 2.45) is 5.41 Å². The predicted octanol–water partition coefficient (Wildman–Crippen LogP) is 4.74. The molecule has 0 aliphatic carbocycles. The maximum absolute atomic E-state index is 6.19. The Morgan fingerprint density at radius 3 is 2.52 bits per heavy atom. The topological polar surface area (TPSA) is 34.1 Å². The first-order chi connectivity index (χ1) is 12.0. The van der Waals surface area contributed by atoms with E-state index in [1.165, 1.54) is 5.56 Å². The molecular weight excluding hydrogens is 308 g/mol. The summed E-state index contributed by atoms with van der Waals surface area (Å²) in [6.45, 7) is 8.88. The van der Waals surface area contributed by atoms with Crippen molar-refractivity contribution in [2.75, 3.05) is 13.2 Å². The Morgan fingerprint density at radius 2 is 1.72 bits per heavy atom. The summed E-state index contributed by atoms with van der Waals surface area (Å²) in [5, 5.41) is 4.60. The molecule has 0 fully saturated rings. The molecule has 0 aliphatic rings. The summed E-state index contributed by atoms with van der Waals surface area (Å²) >= 11 is 0. The van der Waals surface area contributed by atoms with Crippen LogP contribution in [0, 0.1) is 12.3 Å². The number of hydrogen-bond acceptors (Lipinski definition) is 3. The number of fused-ring (bicyclic) bond motifs is 1. The van der Waals surface area contributed by atoms with Gasteiger partial charge in [0.05, 0.1) is 12.1 Å². The zero-order chi connectivity index (χ0) is 17.7. The Morgan fingerprint density at radius 1 is 1.00 bits per heavy atom. The third-order valence-corrected chi connectivity index (χ3v) is 4.20. The zero-order valence-corrected chi connectivity index (χ0v) is 15.3. The van der Waals surface area contributed by atoms with Gasteiger partial charge in [0.1, 0.15) is 5.75 Å². The summed E-state index contributed by atoms with van der Waals surface area (Å²) in [7, 11) is 0. The lowest BCUT2D eigenvalue weighted by molar-refractivity contribution is 0.177. The highest BCUT2D eigenvalue weighted by molar-refractivity contribution is 5.85. The van der Waals surface area contributed by atoms with E-state index in [2.05, 4.69) is 54.5 Å². The van der Waals surface area contributed by atoms with Crippen LogP contribution in [0.1, 0.15) is 25.1 Å². The Bertz CT molecular complexity index is 828. The third kappa shape index (κ3) is 4.80. The lowest BCUT2D eigenvalue weighted by Crippen LogP contribution is -2.34. The number of aromatic nitrogens is 1. The van der Waals surface area contributed by atoms with Crippen molar-refractivity contribution >= 4 is 10.9 Å².